The molecule has 36 heavy (non-hydrogen) atoms. The fraction of sp³-hybridized carbons (Fsp3) is 0.125. The van der Waals surface area contributed by atoms with Gasteiger partial charge in [-0.25, -0.2) is 18.0 Å². The lowest BCUT2D eigenvalue weighted by Crippen LogP contribution is -2.45. The molecule has 2 amide bonds. The molecule has 12 heteroatoms. The van der Waals surface area contributed by atoms with Gasteiger partial charge in [-0.2, -0.15) is 4.98 Å². The van der Waals surface area contributed by atoms with Crippen LogP contribution in [-0.4, -0.2) is 40.0 Å². The number of alkyl halides is 2. The van der Waals surface area contributed by atoms with E-state index in [4.69, 9.17) is 16.3 Å². The molecule has 3 N–H and O–H groups in total. The second kappa shape index (κ2) is 8.85. The van der Waals surface area contributed by atoms with E-state index in [1.807, 2.05) is 5.32 Å². The molecule has 0 fully saturated rings. The van der Waals surface area contributed by atoms with Gasteiger partial charge in [0.05, 0.1) is 28.3 Å². The van der Waals surface area contributed by atoms with E-state index in [0.717, 1.165) is 4.90 Å². The van der Waals surface area contributed by atoms with Gasteiger partial charge in [-0.3, -0.25) is 9.69 Å². The van der Waals surface area contributed by atoms with Crippen molar-refractivity contribution in [2.24, 2.45) is 0 Å². The van der Waals surface area contributed by atoms with Gasteiger partial charge in [0, 0.05) is 16.7 Å². The molecule has 4 aromatic rings. The van der Waals surface area contributed by atoms with Crippen LogP contribution in [0, 0.1) is 5.82 Å². The predicted molar refractivity (Wildman–Crippen MR) is 124 cm³/mol. The second-order valence-corrected chi connectivity index (χ2v) is 8.27. The van der Waals surface area contributed by atoms with E-state index < -0.39 is 36.5 Å². The van der Waals surface area contributed by atoms with Gasteiger partial charge >= 0.3 is 12.1 Å². The number of benzene rings is 3. The number of nitrogens with zero attached hydrogens (tertiary/aromatic N) is 2. The number of fused-ring (bicyclic) bond motifs is 2. The van der Waals surface area contributed by atoms with Crippen LogP contribution in [0.5, 0.6) is 6.01 Å². The summed E-state index contributed by atoms with van der Waals surface area (Å²) in [5.41, 5.74) is -1.19. The van der Waals surface area contributed by atoms with Gasteiger partial charge in [0.1, 0.15) is 0 Å². The van der Waals surface area contributed by atoms with Crippen LogP contribution >= 0.6 is 11.6 Å². The summed E-state index contributed by atoms with van der Waals surface area (Å²) < 4.78 is 44.5. The Labute approximate surface area is 206 Å². The van der Waals surface area contributed by atoms with Crippen molar-refractivity contribution in [3.63, 3.8) is 0 Å². The number of rotatable bonds is 5. The summed E-state index contributed by atoms with van der Waals surface area (Å²) >= 11 is 5.96. The van der Waals surface area contributed by atoms with Crippen LogP contribution in [0.25, 0.3) is 11.0 Å². The molecule has 2 heterocycles. The first kappa shape index (κ1) is 23.6. The molecular weight excluding hydrogens is 501 g/mol. The van der Waals surface area contributed by atoms with Crippen molar-refractivity contribution in [1.29, 1.82) is 0 Å². The number of carbonyl (C=O) groups excluding carboxylic acids is 2. The zero-order valence-corrected chi connectivity index (χ0v) is 18.9. The number of halogens is 4. The molecule has 1 unspecified atom stereocenters. The van der Waals surface area contributed by atoms with E-state index in [9.17, 15) is 23.5 Å². The van der Waals surface area contributed by atoms with Crippen LogP contribution in [0.3, 0.4) is 0 Å². The summed E-state index contributed by atoms with van der Waals surface area (Å²) in [5, 5.41) is 13.7. The van der Waals surface area contributed by atoms with Gasteiger partial charge in [0.15, 0.2) is 11.5 Å². The molecule has 0 bridgehead atoms. The summed E-state index contributed by atoms with van der Waals surface area (Å²) in [7, 11) is 0. The minimum absolute atomic E-state index is 0.170. The third-order valence-corrected chi connectivity index (χ3v) is 5.98. The molecule has 8 nitrogen and oxygen atoms in total. The van der Waals surface area contributed by atoms with E-state index in [0.29, 0.717) is 11.0 Å². The molecular formula is C24H16ClF3N4O4. The summed E-state index contributed by atoms with van der Waals surface area (Å²) in [6, 6.07) is 14.6. The van der Waals surface area contributed by atoms with Gasteiger partial charge in [-0.1, -0.05) is 41.9 Å². The van der Waals surface area contributed by atoms with Crippen molar-refractivity contribution in [2.75, 3.05) is 11.4 Å². The van der Waals surface area contributed by atoms with E-state index in [-0.39, 0.29) is 33.4 Å². The maximum atomic E-state index is 15.0. The number of anilines is 1. The van der Waals surface area contributed by atoms with Crippen molar-refractivity contribution in [2.45, 2.75) is 12.2 Å². The minimum atomic E-state index is -2.75. The first-order chi connectivity index (χ1) is 17.2. The molecule has 1 aliphatic rings. The summed E-state index contributed by atoms with van der Waals surface area (Å²) in [4.78, 5) is 32.8. The number of imidazole rings is 1. The molecule has 0 aliphatic carbocycles. The van der Waals surface area contributed by atoms with Crippen molar-refractivity contribution < 1.29 is 32.6 Å². The Balaban J connectivity index is 1.59. The molecule has 1 aliphatic heterocycles. The normalized spacial score (nSPS) is 17.1. The lowest BCUT2D eigenvalue weighted by molar-refractivity contribution is 0.0699. The number of carbonyl (C=O) groups is 2. The number of aliphatic hydroxyl groups is 1. The highest BCUT2D eigenvalue weighted by Gasteiger charge is 2.51. The third kappa shape index (κ3) is 3.82. The molecule has 1 atom stereocenters. The highest BCUT2D eigenvalue weighted by Crippen LogP contribution is 2.46. The Hall–Kier alpha value is -4.09. The Morgan fingerprint density at radius 1 is 1.19 bits per heavy atom. The molecule has 5 rings (SSSR count). The SMILES string of the molecule is O=C(NCC(F)F)Oc1nc2ccc(C3(O)c4ccccc4C(=O)N3c3cccc(Cl)c3F)cc2[nH]1. The lowest BCUT2D eigenvalue weighted by Gasteiger charge is -2.35. The first-order valence-electron chi connectivity index (χ1n) is 10.5. The number of aromatic nitrogens is 2. The van der Waals surface area contributed by atoms with Crippen LogP contribution in [0.4, 0.5) is 23.7 Å². The van der Waals surface area contributed by atoms with Gasteiger partial charge in [-0.15, -0.1) is 0 Å². The van der Waals surface area contributed by atoms with Gasteiger partial charge in [0.25, 0.3) is 12.3 Å². The number of hydrogen-bond acceptors (Lipinski definition) is 5. The smallest absolute Gasteiger partial charge is 0.375 e. The second-order valence-electron chi connectivity index (χ2n) is 7.87. The number of hydrogen-bond donors (Lipinski definition) is 3. The average Bonchev–Trinajstić information content (AvgIpc) is 3.36. The van der Waals surface area contributed by atoms with Crippen molar-refractivity contribution in [3.05, 3.63) is 88.2 Å². The van der Waals surface area contributed by atoms with Crippen LogP contribution in [0.15, 0.2) is 60.7 Å². The van der Waals surface area contributed by atoms with Crippen LogP contribution < -0.4 is 15.0 Å². The van der Waals surface area contributed by atoms with Gasteiger partial charge < -0.3 is 20.1 Å². The number of H-pyrrole nitrogens is 1. The fourth-order valence-electron chi connectivity index (χ4n) is 4.13. The third-order valence-electron chi connectivity index (χ3n) is 5.68. The maximum absolute atomic E-state index is 15.0. The van der Waals surface area contributed by atoms with Crippen molar-refractivity contribution in [3.8, 4) is 6.01 Å². The zero-order valence-electron chi connectivity index (χ0n) is 18.1. The standard InChI is InChI=1S/C24H16ClF3N4O4/c25-15-6-3-7-18(20(15)28)32-21(33)13-4-1-2-5-14(13)24(32,35)12-8-9-16-17(10-12)31-22(30-16)36-23(34)29-11-19(26)27/h1-10,19,35H,11H2,(H,29,34)(H,30,31). The van der Waals surface area contributed by atoms with Crippen molar-refractivity contribution >= 4 is 40.3 Å². The van der Waals surface area contributed by atoms with E-state index in [2.05, 4.69) is 9.97 Å². The van der Waals surface area contributed by atoms with E-state index in [1.165, 1.54) is 42.5 Å². The Morgan fingerprint density at radius 2 is 1.97 bits per heavy atom. The van der Waals surface area contributed by atoms with Gasteiger partial charge in [0.2, 0.25) is 0 Å². The van der Waals surface area contributed by atoms with Crippen LogP contribution in [-0.2, 0) is 5.72 Å². The largest absolute Gasteiger partial charge is 0.415 e. The molecule has 0 saturated heterocycles. The van der Waals surface area contributed by atoms with Crippen LogP contribution in [0.1, 0.15) is 21.5 Å². The molecule has 1 aromatic heterocycles. The topological polar surface area (TPSA) is 108 Å². The number of nitrogens with one attached hydrogen (secondary N) is 2. The zero-order chi connectivity index (χ0) is 25.6. The Kier molecular flexibility index (Phi) is 5.81. The molecule has 3 aromatic carbocycles. The highest BCUT2D eigenvalue weighted by atomic mass is 35.5. The van der Waals surface area contributed by atoms with E-state index in [1.54, 1.807) is 18.2 Å². The molecule has 0 saturated carbocycles. The monoisotopic (exact) mass is 516 g/mol. The first-order valence-corrected chi connectivity index (χ1v) is 10.9. The minimum Gasteiger partial charge on any atom is -0.375 e. The maximum Gasteiger partial charge on any atom is 0.415 e. The quantitative estimate of drug-likeness (QED) is 0.360. The van der Waals surface area contributed by atoms with Crippen molar-refractivity contribution in [1.82, 2.24) is 15.3 Å². The summed E-state index contributed by atoms with van der Waals surface area (Å²) in [6.45, 7) is -0.889. The number of ether oxygens (including phenoxy) is 1. The van der Waals surface area contributed by atoms with Crippen LogP contribution in [0.2, 0.25) is 5.02 Å². The molecule has 184 valence electrons. The fourth-order valence-corrected chi connectivity index (χ4v) is 4.30. The Bertz CT molecular complexity index is 1510. The number of aromatic amines is 1. The molecule has 0 spiro atoms. The highest BCUT2D eigenvalue weighted by molar-refractivity contribution is 6.31. The summed E-state index contributed by atoms with van der Waals surface area (Å²) in [5.74, 6) is -1.52. The lowest BCUT2D eigenvalue weighted by atomic mass is 9.93. The average molecular weight is 517 g/mol. The predicted octanol–water partition coefficient (Wildman–Crippen LogP) is 4.56. The summed E-state index contributed by atoms with van der Waals surface area (Å²) in [6.07, 6.45) is -3.88. The Morgan fingerprint density at radius 3 is 2.75 bits per heavy atom. The number of amides is 2. The molecule has 0 radical (unpaired) electrons. The van der Waals surface area contributed by atoms with E-state index >= 15 is 4.39 Å². The van der Waals surface area contributed by atoms with Gasteiger partial charge in [-0.05, 0) is 30.3 Å².